The van der Waals surface area contributed by atoms with Crippen LogP contribution in [0, 0.1) is 5.82 Å². The molecule has 7 rings (SSSR count). The number of piperazine rings is 1. The maximum atomic E-state index is 13.9. The predicted octanol–water partition coefficient (Wildman–Crippen LogP) is 6.31. The van der Waals surface area contributed by atoms with E-state index in [1.54, 1.807) is 0 Å². The number of ketones is 1. The fourth-order valence-corrected chi connectivity index (χ4v) is 5.74. The maximum absolute atomic E-state index is 13.9. The molecule has 0 radical (unpaired) electrons. The molecule has 5 aromatic rings. The van der Waals surface area contributed by atoms with Gasteiger partial charge < -0.3 is 24.5 Å². The van der Waals surface area contributed by atoms with E-state index in [1.165, 1.54) is 12.1 Å². The Balaban J connectivity index is 1.30. The normalized spacial score (nSPS) is 14.4. The minimum Gasteiger partial charge on any atom is -0.378 e. The molecule has 4 aromatic carbocycles. The Kier molecular flexibility index (Phi) is 5.70. The SMILES string of the molecule is CN(C)c1ccc(Nc2cc(N3CCN(c4ccc(F)cc4)CC3)c3noc4c3c2C(=O)c2ccccc2-4)cc1. The van der Waals surface area contributed by atoms with E-state index in [9.17, 15) is 9.18 Å². The Labute approximate surface area is 231 Å². The molecule has 7 nitrogen and oxygen atoms in total. The number of hydrogen-bond acceptors (Lipinski definition) is 7. The zero-order valence-corrected chi connectivity index (χ0v) is 22.3. The third-order valence-corrected chi connectivity index (χ3v) is 7.85. The van der Waals surface area contributed by atoms with E-state index >= 15 is 0 Å². The molecule has 1 saturated heterocycles. The van der Waals surface area contributed by atoms with Crippen LogP contribution >= 0.6 is 0 Å². The zero-order chi connectivity index (χ0) is 27.4. The van der Waals surface area contributed by atoms with Crippen LogP contribution < -0.4 is 20.0 Å². The third kappa shape index (κ3) is 3.95. The van der Waals surface area contributed by atoms with Crippen molar-refractivity contribution >= 4 is 45.1 Å². The Morgan fingerprint density at radius 2 is 1.55 bits per heavy atom. The standard InChI is InChI=1S/C32H28FN5O2/c1-36(2)22-13-9-21(10-14-22)34-26-19-27(38-17-15-37(16-18-38)23-11-7-20(33)8-12-23)30-29-28(26)31(39)24-5-3-4-6-25(24)32(29)40-35-30/h3-14,19,34H,15-18H2,1-2H3. The number of halogens is 1. The molecule has 0 unspecified atom stereocenters. The molecule has 1 aliphatic carbocycles. The van der Waals surface area contributed by atoms with Gasteiger partial charge in [-0.15, -0.1) is 0 Å². The Hall–Kier alpha value is -4.85. The van der Waals surface area contributed by atoms with Gasteiger partial charge in [-0.25, -0.2) is 4.39 Å². The minimum absolute atomic E-state index is 0.0450. The van der Waals surface area contributed by atoms with E-state index in [4.69, 9.17) is 4.52 Å². The number of carbonyl (C=O) groups is 1. The van der Waals surface area contributed by atoms with Crippen LogP contribution in [0.3, 0.4) is 0 Å². The minimum atomic E-state index is -0.236. The van der Waals surface area contributed by atoms with Crippen LogP contribution in [0.1, 0.15) is 15.9 Å². The molecule has 2 heterocycles. The number of nitrogens with one attached hydrogen (secondary N) is 1. The zero-order valence-electron chi connectivity index (χ0n) is 22.3. The molecule has 2 aliphatic rings. The van der Waals surface area contributed by atoms with Gasteiger partial charge in [0.1, 0.15) is 11.3 Å². The van der Waals surface area contributed by atoms with E-state index in [0.717, 1.165) is 65.6 Å². The summed E-state index contributed by atoms with van der Waals surface area (Å²) in [6, 6.07) is 24.3. The van der Waals surface area contributed by atoms with Crippen LogP contribution in [-0.4, -0.2) is 51.2 Å². The molecule has 0 atom stereocenters. The van der Waals surface area contributed by atoms with Crippen molar-refractivity contribution in [1.29, 1.82) is 0 Å². The lowest BCUT2D eigenvalue weighted by Gasteiger charge is -2.37. The molecular formula is C32H28FN5O2. The smallest absolute Gasteiger partial charge is 0.196 e. The van der Waals surface area contributed by atoms with Crippen molar-refractivity contribution in [3.8, 4) is 11.3 Å². The van der Waals surface area contributed by atoms with Gasteiger partial charge >= 0.3 is 0 Å². The van der Waals surface area contributed by atoms with Gasteiger partial charge in [0, 0.05) is 68.5 Å². The van der Waals surface area contributed by atoms with Gasteiger partial charge in [-0.3, -0.25) is 4.79 Å². The summed E-state index contributed by atoms with van der Waals surface area (Å²) >= 11 is 0. The van der Waals surface area contributed by atoms with Crippen molar-refractivity contribution in [1.82, 2.24) is 5.16 Å². The Morgan fingerprint density at radius 3 is 2.25 bits per heavy atom. The molecule has 1 aliphatic heterocycles. The number of carbonyl (C=O) groups excluding carboxylic acids is 1. The van der Waals surface area contributed by atoms with Gasteiger partial charge in [0.05, 0.1) is 22.3 Å². The number of nitrogens with zero attached hydrogens (tertiary/aromatic N) is 4. The number of anilines is 5. The highest BCUT2D eigenvalue weighted by Gasteiger charge is 2.34. The Morgan fingerprint density at radius 1 is 0.875 bits per heavy atom. The van der Waals surface area contributed by atoms with Crippen LogP contribution in [-0.2, 0) is 0 Å². The highest BCUT2D eigenvalue weighted by molar-refractivity contribution is 6.28. The van der Waals surface area contributed by atoms with Crippen LogP contribution in [0.4, 0.5) is 32.8 Å². The second-order valence-electron chi connectivity index (χ2n) is 10.4. The number of rotatable bonds is 5. The van der Waals surface area contributed by atoms with E-state index in [2.05, 4.69) is 20.3 Å². The lowest BCUT2D eigenvalue weighted by atomic mass is 9.86. The summed E-state index contributed by atoms with van der Waals surface area (Å²) in [6.45, 7) is 3.04. The highest BCUT2D eigenvalue weighted by atomic mass is 19.1. The molecular weight excluding hydrogens is 505 g/mol. The molecule has 8 heteroatoms. The van der Waals surface area contributed by atoms with Gasteiger partial charge in [0.2, 0.25) is 0 Å². The first-order valence-electron chi connectivity index (χ1n) is 13.4. The fraction of sp³-hybridized carbons (Fsp3) is 0.188. The third-order valence-electron chi connectivity index (χ3n) is 7.85. The molecule has 0 amide bonds. The summed E-state index contributed by atoms with van der Waals surface area (Å²) in [5, 5.41) is 8.78. The average molecular weight is 534 g/mol. The van der Waals surface area contributed by atoms with Gasteiger partial charge in [-0.2, -0.15) is 0 Å². The maximum Gasteiger partial charge on any atom is 0.196 e. The first kappa shape index (κ1) is 24.2. The average Bonchev–Trinajstić information content (AvgIpc) is 3.42. The van der Waals surface area contributed by atoms with E-state index < -0.39 is 0 Å². The van der Waals surface area contributed by atoms with Crippen LogP contribution in [0.25, 0.3) is 22.2 Å². The molecule has 1 N–H and O–H groups in total. The number of aromatic nitrogens is 1. The largest absolute Gasteiger partial charge is 0.378 e. The van der Waals surface area contributed by atoms with Crippen molar-refractivity contribution in [2.75, 3.05) is 60.3 Å². The monoisotopic (exact) mass is 533 g/mol. The lowest BCUT2D eigenvalue weighted by molar-refractivity contribution is 0.104. The summed E-state index contributed by atoms with van der Waals surface area (Å²) < 4.78 is 19.4. The van der Waals surface area contributed by atoms with Crippen molar-refractivity contribution in [2.24, 2.45) is 0 Å². The number of benzene rings is 4. The lowest BCUT2D eigenvalue weighted by Crippen LogP contribution is -2.46. The van der Waals surface area contributed by atoms with E-state index in [1.807, 2.05) is 85.7 Å². The second-order valence-corrected chi connectivity index (χ2v) is 10.4. The van der Waals surface area contributed by atoms with Gasteiger partial charge in [0.15, 0.2) is 11.5 Å². The summed E-state index contributed by atoms with van der Waals surface area (Å²) in [7, 11) is 4.01. The molecule has 0 saturated carbocycles. The topological polar surface area (TPSA) is 64.8 Å². The van der Waals surface area contributed by atoms with Gasteiger partial charge in [0.25, 0.3) is 0 Å². The van der Waals surface area contributed by atoms with E-state index in [0.29, 0.717) is 22.4 Å². The van der Waals surface area contributed by atoms with Crippen LogP contribution in [0.2, 0.25) is 0 Å². The quantitative estimate of drug-likeness (QED) is 0.278. The molecule has 40 heavy (non-hydrogen) atoms. The summed E-state index contributed by atoms with van der Waals surface area (Å²) in [6.07, 6.45) is 0. The highest BCUT2D eigenvalue weighted by Crippen LogP contribution is 2.46. The van der Waals surface area contributed by atoms with Gasteiger partial charge in [-0.1, -0.05) is 29.4 Å². The first-order chi connectivity index (χ1) is 19.5. The molecule has 0 bridgehead atoms. The predicted molar refractivity (Wildman–Crippen MR) is 158 cm³/mol. The van der Waals surface area contributed by atoms with Crippen molar-refractivity contribution in [2.45, 2.75) is 0 Å². The van der Waals surface area contributed by atoms with Crippen molar-refractivity contribution < 1.29 is 13.7 Å². The number of fused-ring (bicyclic) bond motifs is 2. The molecule has 1 fully saturated rings. The summed E-state index contributed by atoms with van der Waals surface area (Å²) in [5.41, 5.74) is 7.28. The fourth-order valence-electron chi connectivity index (χ4n) is 5.74. The Bertz CT molecular complexity index is 1740. The van der Waals surface area contributed by atoms with Crippen molar-refractivity contribution in [3.05, 3.63) is 95.8 Å². The van der Waals surface area contributed by atoms with Crippen molar-refractivity contribution in [3.63, 3.8) is 0 Å². The van der Waals surface area contributed by atoms with Gasteiger partial charge in [-0.05, 0) is 54.6 Å². The van der Waals surface area contributed by atoms with Crippen LogP contribution in [0.5, 0.6) is 0 Å². The second kappa shape index (κ2) is 9.41. The molecule has 0 spiro atoms. The number of hydrogen-bond donors (Lipinski definition) is 1. The van der Waals surface area contributed by atoms with E-state index in [-0.39, 0.29) is 11.6 Å². The summed E-state index contributed by atoms with van der Waals surface area (Å²) in [5.74, 6) is 0.343. The molecule has 200 valence electrons. The first-order valence-corrected chi connectivity index (χ1v) is 13.4. The summed E-state index contributed by atoms with van der Waals surface area (Å²) in [4.78, 5) is 20.5. The molecule has 1 aromatic heterocycles. The van der Waals surface area contributed by atoms with Crippen LogP contribution in [0.15, 0.2) is 83.4 Å².